The van der Waals surface area contributed by atoms with E-state index < -0.39 is 0 Å². The number of carbonyl (C=O) groups is 1. The van der Waals surface area contributed by atoms with E-state index in [9.17, 15) is 4.79 Å². The van der Waals surface area contributed by atoms with Gasteiger partial charge in [0.15, 0.2) is 0 Å². The Morgan fingerprint density at radius 2 is 1.95 bits per heavy atom. The summed E-state index contributed by atoms with van der Waals surface area (Å²) >= 11 is 0. The van der Waals surface area contributed by atoms with Crippen molar-refractivity contribution >= 4 is 22.5 Å². The number of urea groups is 1. The molecule has 3 nitrogen and oxygen atoms in total. The number of nitrogens with one attached hydrogen (secondary N) is 1. The molecule has 3 heteroatoms. The third-order valence-electron chi connectivity index (χ3n) is 4.10. The number of fused-ring (bicyclic) bond motifs is 1. The number of anilines is 1. The summed E-state index contributed by atoms with van der Waals surface area (Å²) in [5.74, 6) is 0. The van der Waals surface area contributed by atoms with Gasteiger partial charge in [-0.15, -0.1) is 0 Å². The largest absolute Gasteiger partial charge is 0.322 e. The van der Waals surface area contributed by atoms with Gasteiger partial charge < -0.3 is 10.2 Å². The molecule has 0 aliphatic carbocycles. The van der Waals surface area contributed by atoms with Gasteiger partial charge in [-0.2, -0.15) is 0 Å². The molecule has 1 aliphatic heterocycles. The smallest absolute Gasteiger partial charge is 0.322 e. The van der Waals surface area contributed by atoms with Gasteiger partial charge in [-0.25, -0.2) is 4.79 Å². The molecule has 0 unspecified atom stereocenters. The Balaban J connectivity index is 1.84. The first-order valence-electron chi connectivity index (χ1n) is 7.31. The Bertz CT molecular complexity index is 618. The van der Waals surface area contributed by atoms with Gasteiger partial charge in [0.2, 0.25) is 0 Å². The number of amides is 2. The van der Waals surface area contributed by atoms with Crippen molar-refractivity contribution in [1.82, 2.24) is 4.90 Å². The van der Waals surface area contributed by atoms with E-state index in [1.54, 1.807) is 0 Å². The third kappa shape index (κ3) is 2.48. The van der Waals surface area contributed by atoms with Crippen molar-refractivity contribution < 1.29 is 4.79 Å². The Morgan fingerprint density at radius 3 is 2.80 bits per heavy atom. The molecule has 0 spiro atoms. The third-order valence-corrected chi connectivity index (χ3v) is 4.10. The highest BCUT2D eigenvalue weighted by Gasteiger charge is 2.23. The number of benzene rings is 2. The fourth-order valence-electron chi connectivity index (χ4n) is 2.92. The summed E-state index contributed by atoms with van der Waals surface area (Å²) < 4.78 is 0. The molecule has 1 fully saturated rings. The highest BCUT2D eigenvalue weighted by Crippen LogP contribution is 2.24. The van der Waals surface area contributed by atoms with E-state index in [-0.39, 0.29) is 6.03 Å². The van der Waals surface area contributed by atoms with Crippen molar-refractivity contribution in [2.24, 2.45) is 0 Å². The summed E-state index contributed by atoms with van der Waals surface area (Å²) in [5.41, 5.74) is 0.894. The summed E-state index contributed by atoms with van der Waals surface area (Å²) in [5, 5.41) is 5.31. The quantitative estimate of drug-likeness (QED) is 0.824. The molecule has 2 aromatic carbocycles. The predicted octanol–water partition coefficient (Wildman–Crippen LogP) is 4.25. The molecule has 1 saturated heterocycles. The molecule has 1 N–H and O–H groups in total. The molecular formula is C17H20N2O. The zero-order valence-electron chi connectivity index (χ0n) is 11.8. The molecule has 104 valence electrons. The average molecular weight is 268 g/mol. The maximum Gasteiger partial charge on any atom is 0.322 e. The van der Waals surface area contributed by atoms with E-state index in [2.05, 4.69) is 24.4 Å². The van der Waals surface area contributed by atoms with E-state index in [1.165, 1.54) is 6.42 Å². The maximum atomic E-state index is 12.4. The number of nitrogens with zero attached hydrogens (tertiary/aromatic N) is 1. The van der Waals surface area contributed by atoms with Crippen LogP contribution >= 0.6 is 0 Å². The minimum Gasteiger partial charge on any atom is -0.322 e. The standard InChI is InChI=1S/C17H20N2O/c1-13-7-4-5-12-19(13)17(20)18-16-11-6-9-14-8-2-3-10-15(14)16/h2-3,6,8-11,13H,4-5,7,12H2,1H3,(H,18,20)/t13-/m0/s1. The summed E-state index contributed by atoms with van der Waals surface area (Å²) in [6.07, 6.45) is 3.43. The Morgan fingerprint density at radius 1 is 1.15 bits per heavy atom. The first kappa shape index (κ1) is 13.0. The average Bonchev–Trinajstić information content (AvgIpc) is 2.48. The maximum absolute atomic E-state index is 12.4. The first-order chi connectivity index (χ1) is 9.75. The van der Waals surface area contributed by atoms with Crippen molar-refractivity contribution in [3.05, 3.63) is 42.5 Å². The minimum atomic E-state index is 0.0218. The van der Waals surface area contributed by atoms with Gasteiger partial charge in [0, 0.05) is 18.0 Å². The second-order valence-electron chi connectivity index (χ2n) is 5.50. The molecule has 0 saturated carbocycles. The van der Waals surface area contributed by atoms with Crippen LogP contribution in [0.4, 0.5) is 10.5 Å². The molecule has 1 atom stereocenters. The molecule has 3 rings (SSSR count). The van der Waals surface area contributed by atoms with Gasteiger partial charge in [-0.05, 0) is 37.6 Å². The lowest BCUT2D eigenvalue weighted by atomic mass is 10.0. The van der Waals surface area contributed by atoms with Crippen LogP contribution in [0.3, 0.4) is 0 Å². The number of rotatable bonds is 1. The Labute approximate surface area is 119 Å². The van der Waals surface area contributed by atoms with E-state index in [4.69, 9.17) is 0 Å². The van der Waals surface area contributed by atoms with Crippen LogP contribution in [0.5, 0.6) is 0 Å². The second-order valence-corrected chi connectivity index (χ2v) is 5.50. The number of hydrogen-bond donors (Lipinski definition) is 1. The molecule has 2 aromatic rings. The van der Waals surface area contributed by atoms with Gasteiger partial charge in [-0.3, -0.25) is 0 Å². The Hall–Kier alpha value is -2.03. The van der Waals surface area contributed by atoms with Crippen LogP contribution in [0.1, 0.15) is 26.2 Å². The van der Waals surface area contributed by atoms with Gasteiger partial charge in [-0.1, -0.05) is 36.4 Å². The summed E-state index contributed by atoms with van der Waals surface area (Å²) in [7, 11) is 0. The summed E-state index contributed by atoms with van der Waals surface area (Å²) in [4.78, 5) is 14.4. The second kappa shape index (κ2) is 5.53. The number of likely N-dealkylation sites (tertiary alicyclic amines) is 1. The fourth-order valence-corrected chi connectivity index (χ4v) is 2.92. The predicted molar refractivity (Wildman–Crippen MR) is 83.0 cm³/mol. The van der Waals surface area contributed by atoms with E-state index in [0.717, 1.165) is 35.8 Å². The molecule has 1 heterocycles. The van der Waals surface area contributed by atoms with Crippen LogP contribution in [0, 0.1) is 0 Å². The molecule has 0 radical (unpaired) electrons. The topological polar surface area (TPSA) is 32.3 Å². The first-order valence-corrected chi connectivity index (χ1v) is 7.31. The zero-order valence-corrected chi connectivity index (χ0v) is 11.8. The van der Waals surface area contributed by atoms with Crippen LogP contribution < -0.4 is 5.32 Å². The molecule has 2 amide bonds. The van der Waals surface area contributed by atoms with Gasteiger partial charge >= 0.3 is 6.03 Å². The van der Waals surface area contributed by atoms with E-state index in [1.807, 2.05) is 35.2 Å². The highest BCUT2D eigenvalue weighted by molar-refractivity contribution is 6.01. The Kier molecular flexibility index (Phi) is 3.59. The number of carbonyl (C=O) groups excluding carboxylic acids is 1. The lowest BCUT2D eigenvalue weighted by Gasteiger charge is -2.33. The van der Waals surface area contributed by atoms with Crippen LogP contribution in [0.25, 0.3) is 10.8 Å². The number of hydrogen-bond acceptors (Lipinski definition) is 1. The normalized spacial score (nSPS) is 19.1. The van der Waals surface area contributed by atoms with Gasteiger partial charge in [0.25, 0.3) is 0 Å². The fraction of sp³-hybridized carbons (Fsp3) is 0.353. The molecular weight excluding hydrogens is 248 g/mol. The lowest BCUT2D eigenvalue weighted by molar-refractivity contribution is 0.170. The number of piperidine rings is 1. The van der Waals surface area contributed by atoms with Crippen LogP contribution in [-0.4, -0.2) is 23.5 Å². The van der Waals surface area contributed by atoms with Crippen LogP contribution in [-0.2, 0) is 0 Å². The zero-order chi connectivity index (χ0) is 13.9. The van der Waals surface area contributed by atoms with Crippen molar-refractivity contribution in [3.63, 3.8) is 0 Å². The van der Waals surface area contributed by atoms with Crippen LogP contribution in [0.2, 0.25) is 0 Å². The summed E-state index contributed by atoms with van der Waals surface area (Å²) in [6, 6.07) is 14.5. The molecule has 0 bridgehead atoms. The lowest BCUT2D eigenvalue weighted by Crippen LogP contribution is -2.44. The highest BCUT2D eigenvalue weighted by atomic mass is 16.2. The van der Waals surface area contributed by atoms with Crippen molar-refractivity contribution in [2.75, 3.05) is 11.9 Å². The molecule has 20 heavy (non-hydrogen) atoms. The van der Waals surface area contributed by atoms with Crippen molar-refractivity contribution in [2.45, 2.75) is 32.2 Å². The monoisotopic (exact) mass is 268 g/mol. The van der Waals surface area contributed by atoms with E-state index in [0.29, 0.717) is 6.04 Å². The van der Waals surface area contributed by atoms with Crippen molar-refractivity contribution in [1.29, 1.82) is 0 Å². The van der Waals surface area contributed by atoms with Gasteiger partial charge in [0.05, 0.1) is 5.69 Å². The minimum absolute atomic E-state index is 0.0218. The van der Waals surface area contributed by atoms with E-state index >= 15 is 0 Å². The van der Waals surface area contributed by atoms with Crippen LogP contribution in [0.15, 0.2) is 42.5 Å². The van der Waals surface area contributed by atoms with Gasteiger partial charge in [0.1, 0.15) is 0 Å². The molecule has 0 aromatic heterocycles. The summed E-state index contributed by atoms with van der Waals surface area (Å²) in [6.45, 7) is 2.99. The SMILES string of the molecule is C[C@H]1CCCCN1C(=O)Nc1cccc2ccccc12. The molecule has 1 aliphatic rings. The van der Waals surface area contributed by atoms with Crippen molar-refractivity contribution in [3.8, 4) is 0 Å².